The van der Waals surface area contributed by atoms with Crippen molar-refractivity contribution in [1.82, 2.24) is 0 Å². The molecule has 0 aromatic heterocycles. The minimum absolute atomic E-state index is 1.33. The minimum Gasteiger partial charge on any atom is -0.0616 e. The maximum atomic E-state index is 2.16. The topological polar surface area (TPSA) is 0 Å². The maximum absolute atomic E-state index is 2.16. The molecule has 0 atom stereocenters. The van der Waals surface area contributed by atoms with Gasteiger partial charge in [-0.1, -0.05) is 81.0 Å². The third kappa shape index (κ3) is 3.59. The highest BCUT2D eigenvalue weighted by Crippen LogP contribution is 2.16. The normalized spacial score (nSPS) is 15.1. The molecule has 1 fully saturated rings. The molecule has 2 aromatic carbocycles. The van der Waals surface area contributed by atoms with E-state index in [4.69, 9.17) is 0 Å². The van der Waals surface area contributed by atoms with Crippen LogP contribution in [0.15, 0.2) is 42.5 Å². The zero-order valence-corrected chi connectivity index (χ0v) is 10.8. The van der Waals surface area contributed by atoms with Crippen LogP contribution in [0.5, 0.6) is 0 Å². The van der Waals surface area contributed by atoms with Gasteiger partial charge in [0, 0.05) is 0 Å². The number of rotatable bonds is 0. The summed E-state index contributed by atoms with van der Waals surface area (Å²) in [6.45, 7) is 2.14. The van der Waals surface area contributed by atoms with Gasteiger partial charge in [0.05, 0.1) is 0 Å². The van der Waals surface area contributed by atoms with E-state index in [1.165, 1.54) is 54.9 Å². The lowest BCUT2D eigenvalue weighted by atomic mass is 10.0. The molecule has 0 bridgehead atoms. The van der Waals surface area contributed by atoms with Gasteiger partial charge in [0.1, 0.15) is 0 Å². The smallest absolute Gasteiger partial charge is 0.0155 e. The molecule has 0 N–H and O–H groups in total. The highest BCUT2D eigenvalue weighted by molar-refractivity contribution is 5.85. The number of aryl methyl sites for hydroxylation is 1. The van der Waals surface area contributed by atoms with E-state index in [-0.39, 0.29) is 0 Å². The van der Waals surface area contributed by atoms with Crippen molar-refractivity contribution >= 4 is 10.8 Å². The van der Waals surface area contributed by atoms with Crippen LogP contribution in [0.4, 0.5) is 0 Å². The van der Waals surface area contributed by atoms with E-state index in [2.05, 4.69) is 49.4 Å². The van der Waals surface area contributed by atoms with Crippen LogP contribution >= 0.6 is 0 Å². The van der Waals surface area contributed by atoms with E-state index in [0.717, 1.165) is 0 Å². The predicted molar refractivity (Wildman–Crippen MR) is 76.4 cm³/mol. The van der Waals surface area contributed by atoms with Crippen LogP contribution in [-0.4, -0.2) is 0 Å². The molecule has 17 heavy (non-hydrogen) atoms. The maximum Gasteiger partial charge on any atom is -0.0155 e. The van der Waals surface area contributed by atoms with Gasteiger partial charge >= 0.3 is 0 Å². The third-order valence-corrected chi connectivity index (χ3v) is 3.51. The van der Waals surface area contributed by atoms with Gasteiger partial charge in [-0.2, -0.15) is 0 Å². The fourth-order valence-electron chi connectivity index (χ4n) is 2.45. The summed E-state index contributed by atoms with van der Waals surface area (Å²) in [4.78, 5) is 0. The van der Waals surface area contributed by atoms with Crippen LogP contribution in [0.1, 0.15) is 44.1 Å². The predicted octanol–water partition coefficient (Wildman–Crippen LogP) is 5.49. The Bertz CT molecular complexity index is 436. The van der Waals surface area contributed by atoms with E-state index in [9.17, 15) is 0 Å². The molecular formula is C17H22. The van der Waals surface area contributed by atoms with Crippen molar-refractivity contribution in [2.75, 3.05) is 0 Å². The molecule has 1 aliphatic rings. The number of hydrogen-bond donors (Lipinski definition) is 0. The lowest BCUT2D eigenvalue weighted by Gasteiger charge is -2.05. The summed E-state index contributed by atoms with van der Waals surface area (Å²) in [5, 5.41) is 2.68. The Labute approximate surface area is 105 Å². The Kier molecular flexibility index (Phi) is 4.61. The number of fused-ring (bicyclic) bond motifs is 1. The second-order valence-electron chi connectivity index (χ2n) is 4.92. The summed E-state index contributed by atoms with van der Waals surface area (Å²) in [6, 6.07) is 14.8. The Morgan fingerprint density at radius 1 is 0.647 bits per heavy atom. The van der Waals surface area contributed by atoms with Crippen LogP contribution in [0, 0.1) is 6.92 Å². The summed E-state index contributed by atoms with van der Waals surface area (Å²) >= 11 is 0. The van der Waals surface area contributed by atoms with Crippen molar-refractivity contribution in [3.63, 3.8) is 0 Å². The SMILES string of the molecule is C1CCCCC1.Cc1cccc2ccccc12. The summed E-state index contributed by atoms with van der Waals surface area (Å²) in [5.41, 5.74) is 1.35. The van der Waals surface area contributed by atoms with E-state index >= 15 is 0 Å². The van der Waals surface area contributed by atoms with Crippen molar-refractivity contribution in [3.8, 4) is 0 Å². The van der Waals surface area contributed by atoms with E-state index in [0.29, 0.717) is 0 Å². The summed E-state index contributed by atoms with van der Waals surface area (Å²) in [7, 11) is 0. The molecule has 90 valence electrons. The Hall–Kier alpha value is -1.30. The molecule has 0 spiro atoms. The van der Waals surface area contributed by atoms with Crippen molar-refractivity contribution in [2.24, 2.45) is 0 Å². The molecule has 1 aliphatic carbocycles. The largest absolute Gasteiger partial charge is 0.0616 e. The minimum atomic E-state index is 1.33. The van der Waals surface area contributed by atoms with Crippen molar-refractivity contribution in [3.05, 3.63) is 48.0 Å². The zero-order chi connectivity index (χ0) is 11.9. The standard InChI is InChI=1S/C11H10.C6H12/c1-9-5-4-7-10-6-2-3-8-11(9)10;1-2-4-6-5-3-1/h2-8H,1H3;1-6H2. The number of benzene rings is 2. The molecule has 3 rings (SSSR count). The van der Waals surface area contributed by atoms with Crippen LogP contribution in [0.3, 0.4) is 0 Å². The number of hydrogen-bond acceptors (Lipinski definition) is 0. The monoisotopic (exact) mass is 226 g/mol. The molecule has 2 aromatic rings. The first kappa shape index (κ1) is 12.2. The van der Waals surface area contributed by atoms with Crippen LogP contribution in [-0.2, 0) is 0 Å². The van der Waals surface area contributed by atoms with Gasteiger partial charge in [0.2, 0.25) is 0 Å². The van der Waals surface area contributed by atoms with Gasteiger partial charge < -0.3 is 0 Å². The summed E-state index contributed by atoms with van der Waals surface area (Å²) in [6.07, 6.45) is 9.00. The first-order valence-corrected chi connectivity index (χ1v) is 6.82. The molecule has 0 heteroatoms. The van der Waals surface area contributed by atoms with Crippen LogP contribution in [0.2, 0.25) is 0 Å². The average molecular weight is 226 g/mol. The molecule has 0 heterocycles. The first-order valence-electron chi connectivity index (χ1n) is 6.82. The molecule has 1 saturated carbocycles. The second kappa shape index (κ2) is 6.44. The molecule has 0 radical (unpaired) electrons. The molecule has 0 amide bonds. The van der Waals surface area contributed by atoms with Gasteiger partial charge in [-0.25, -0.2) is 0 Å². The summed E-state index contributed by atoms with van der Waals surface area (Å²) < 4.78 is 0. The van der Waals surface area contributed by atoms with Gasteiger partial charge in [-0.15, -0.1) is 0 Å². The first-order chi connectivity index (χ1) is 8.38. The fourth-order valence-corrected chi connectivity index (χ4v) is 2.45. The van der Waals surface area contributed by atoms with Crippen LogP contribution in [0.25, 0.3) is 10.8 Å². The molecule has 0 unspecified atom stereocenters. The molecule has 0 nitrogen and oxygen atoms in total. The Morgan fingerprint density at radius 2 is 1.18 bits per heavy atom. The highest BCUT2D eigenvalue weighted by Gasteiger charge is 1.95. The van der Waals surface area contributed by atoms with Crippen molar-refractivity contribution in [1.29, 1.82) is 0 Å². The average Bonchev–Trinajstić information content (AvgIpc) is 2.42. The lowest BCUT2D eigenvalue weighted by Crippen LogP contribution is -1.85. The van der Waals surface area contributed by atoms with Gasteiger partial charge in [-0.3, -0.25) is 0 Å². The quantitative estimate of drug-likeness (QED) is 0.557. The molecular weight excluding hydrogens is 204 g/mol. The van der Waals surface area contributed by atoms with Gasteiger partial charge in [-0.05, 0) is 23.3 Å². The van der Waals surface area contributed by atoms with Crippen molar-refractivity contribution < 1.29 is 0 Å². The zero-order valence-electron chi connectivity index (χ0n) is 10.8. The lowest BCUT2D eigenvalue weighted by molar-refractivity contribution is 0.504. The Balaban J connectivity index is 0.000000153. The van der Waals surface area contributed by atoms with Crippen molar-refractivity contribution in [2.45, 2.75) is 45.4 Å². The fraction of sp³-hybridized carbons (Fsp3) is 0.412. The van der Waals surface area contributed by atoms with Gasteiger partial charge in [0.25, 0.3) is 0 Å². The van der Waals surface area contributed by atoms with E-state index in [1.807, 2.05) is 0 Å². The molecule has 0 aliphatic heterocycles. The van der Waals surface area contributed by atoms with Crippen LogP contribution < -0.4 is 0 Å². The van der Waals surface area contributed by atoms with Gasteiger partial charge in [0.15, 0.2) is 0 Å². The highest BCUT2D eigenvalue weighted by atomic mass is 14.0. The Morgan fingerprint density at radius 3 is 1.76 bits per heavy atom. The second-order valence-corrected chi connectivity index (χ2v) is 4.92. The summed E-state index contributed by atoms with van der Waals surface area (Å²) in [5.74, 6) is 0. The van der Waals surface area contributed by atoms with E-state index < -0.39 is 0 Å². The van der Waals surface area contributed by atoms with E-state index in [1.54, 1.807) is 0 Å². The molecule has 0 saturated heterocycles. The third-order valence-electron chi connectivity index (χ3n) is 3.51.